The van der Waals surface area contributed by atoms with E-state index in [-0.39, 0.29) is 11.7 Å². The van der Waals surface area contributed by atoms with Crippen molar-refractivity contribution >= 4 is 17.5 Å². The van der Waals surface area contributed by atoms with Crippen LogP contribution >= 0.6 is 0 Å². The average Bonchev–Trinajstić information content (AvgIpc) is 2.67. The fourth-order valence-electron chi connectivity index (χ4n) is 2.87. The van der Waals surface area contributed by atoms with Gasteiger partial charge in [-0.1, -0.05) is 12.1 Å². The molecule has 0 aliphatic carbocycles. The maximum atomic E-state index is 12.6. The van der Waals surface area contributed by atoms with Gasteiger partial charge in [0.2, 0.25) is 0 Å². The summed E-state index contributed by atoms with van der Waals surface area (Å²) in [5.41, 5.74) is 1.23. The fourth-order valence-corrected chi connectivity index (χ4v) is 2.87. The van der Waals surface area contributed by atoms with Crippen LogP contribution in [-0.4, -0.2) is 54.9 Å². The lowest BCUT2D eigenvalue weighted by molar-refractivity contribution is 0.0746. The lowest BCUT2D eigenvalue weighted by Crippen LogP contribution is -2.49. The first-order chi connectivity index (χ1) is 12.1. The maximum absolute atomic E-state index is 12.6. The van der Waals surface area contributed by atoms with E-state index in [1.165, 1.54) is 6.92 Å². The number of hydrogen-bond donors (Lipinski definition) is 0. The first kappa shape index (κ1) is 17.0. The summed E-state index contributed by atoms with van der Waals surface area (Å²) in [7, 11) is 1.63. The van der Waals surface area contributed by atoms with Gasteiger partial charge in [0.05, 0.1) is 7.11 Å². The third-order valence-electron chi connectivity index (χ3n) is 4.38. The molecule has 1 aliphatic heterocycles. The summed E-state index contributed by atoms with van der Waals surface area (Å²) in [5, 5.41) is 0. The van der Waals surface area contributed by atoms with E-state index in [2.05, 4.69) is 9.88 Å². The highest BCUT2D eigenvalue weighted by molar-refractivity contribution is 5.97. The summed E-state index contributed by atoms with van der Waals surface area (Å²) in [6, 6.07) is 10.5. The molecule has 1 aromatic heterocycles. The third-order valence-corrected chi connectivity index (χ3v) is 4.38. The third kappa shape index (κ3) is 3.79. The Balaban J connectivity index is 1.63. The van der Waals surface area contributed by atoms with Crippen LogP contribution in [0.2, 0.25) is 0 Å². The molecule has 25 heavy (non-hydrogen) atoms. The van der Waals surface area contributed by atoms with Crippen molar-refractivity contribution in [2.75, 3.05) is 38.2 Å². The topological polar surface area (TPSA) is 62.7 Å². The van der Waals surface area contributed by atoms with Crippen molar-refractivity contribution in [1.29, 1.82) is 0 Å². The van der Waals surface area contributed by atoms with Crippen molar-refractivity contribution < 1.29 is 14.3 Å². The van der Waals surface area contributed by atoms with Crippen molar-refractivity contribution in [1.82, 2.24) is 9.88 Å². The van der Waals surface area contributed by atoms with Gasteiger partial charge in [0.25, 0.3) is 5.91 Å². The number of aromatic nitrogens is 1. The molecule has 130 valence electrons. The zero-order chi connectivity index (χ0) is 17.8. The summed E-state index contributed by atoms with van der Waals surface area (Å²) < 4.78 is 5.23. The minimum atomic E-state index is -0.00615. The Kier molecular flexibility index (Phi) is 4.97. The predicted octanol–water partition coefficient (Wildman–Crippen LogP) is 2.26. The molecule has 2 heterocycles. The molecular formula is C19H21N3O3. The number of hydrogen-bond acceptors (Lipinski definition) is 5. The second kappa shape index (κ2) is 7.34. The van der Waals surface area contributed by atoms with Crippen LogP contribution in [0.15, 0.2) is 42.6 Å². The van der Waals surface area contributed by atoms with E-state index in [1.807, 2.05) is 17.0 Å². The number of rotatable bonds is 4. The number of benzene rings is 1. The van der Waals surface area contributed by atoms with Crippen LogP contribution in [-0.2, 0) is 0 Å². The van der Waals surface area contributed by atoms with Gasteiger partial charge in [0, 0.05) is 49.6 Å². The number of piperazine rings is 1. The molecule has 1 amide bonds. The molecular weight excluding hydrogens is 318 g/mol. The Morgan fingerprint density at radius 2 is 1.64 bits per heavy atom. The van der Waals surface area contributed by atoms with Crippen molar-refractivity contribution in [2.24, 2.45) is 0 Å². The van der Waals surface area contributed by atoms with Crippen molar-refractivity contribution in [2.45, 2.75) is 6.92 Å². The average molecular weight is 339 g/mol. The standard InChI is InChI=1S/C19H21N3O3/c1-14(23)15-3-5-16(6-4-15)19(24)22-11-9-21(10-12-22)18-13-17(25-2)7-8-20-18/h3-8,13H,9-12H2,1-2H3. The number of ether oxygens (including phenoxy) is 1. The van der Waals surface area contributed by atoms with Gasteiger partial charge >= 0.3 is 0 Å². The first-order valence-corrected chi connectivity index (χ1v) is 8.24. The van der Waals surface area contributed by atoms with Gasteiger partial charge in [0.1, 0.15) is 11.6 Å². The molecule has 0 bridgehead atoms. The summed E-state index contributed by atoms with van der Waals surface area (Å²) in [6.07, 6.45) is 1.72. The minimum absolute atomic E-state index is 0.00148. The molecule has 3 rings (SSSR count). The van der Waals surface area contributed by atoms with Crippen LogP contribution in [0.5, 0.6) is 5.75 Å². The SMILES string of the molecule is COc1ccnc(N2CCN(C(=O)c3ccc(C(C)=O)cc3)CC2)c1. The summed E-state index contributed by atoms with van der Waals surface area (Å²) >= 11 is 0. The first-order valence-electron chi connectivity index (χ1n) is 8.24. The van der Waals surface area contributed by atoms with Crippen molar-refractivity contribution in [3.8, 4) is 5.75 Å². The van der Waals surface area contributed by atoms with E-state index in [1.54, 1.807) is 37.6 Å². The lowest BCUT2D eigenvalue weighted by atomic mass is 10.1. The maximum Gasteiger partial charge on any atom is 0.253 e. The summed E-state index contributed by atoms with van der Waals surface area (Å²) in [5.74, 6) is 1.62. The lowest BCUT2D eigenvalue weighted by Gasteiger charge is -2.35. The number of anilines is 1. The quantitative estimate of drug-likeness (QED) is 0.800. The van der Waals surface area contributed by atoms with Crippen LogP contribution in [0.25, 0.3) is 0 Å². The highest BCUT2D eigenvalue weighted by Crippen LogP contribution is 2.20. The van der Waals surface area contributed by atoms with E-state index < -0.39 is 0 Å². The van der Waals surface area contributed by atoms with Gasteiger partial charge in [0.15, 0.2) is 5.78 Å². The largest absolute Gasteiger partial charge is 0.497 e. The predicted molar refractivity (Wildman–Crippen MR) is 95.4 cm³/mol. The number of carbonyl (C=O) groups is 2. The highest BCUT2D eigenvalue weighted by Gasteiger charge is 2.23. The molecule has 0 saturated carbocycles. The molecule has 1 aromatic carbocycles. The minimum Gasteiger partial charge on any atom is -0.497 e. The van der Waals surface area contributed by atoms with Gasteiger partial charge in [-0.05, 0) is 25.1 Å². The Bertz CT molecular complexity index is 766. The smallest absolute Gasteiger partial charge is 0.253 e. The second-order valence-corrected chi connectivity index (χ2v) is 5.97. The molecule has 2 aromatic rings. The second-order valence-electron chi connectivity index (χ2n) is 5.97. The number of nitrogens with zero attached hydrogens (tertiary/aromatic N) is 3. The molecule has 6 nitrogen and oxygen atoms in total. The number of Topliss-reactive ketones (excluding diaryl/α,β-unsaturated/α-hetero) is 1. The summed E-state index contributed by atoms with van der Waals surface area (Å²) in [4.78, 5) is 32.3. The van der Waals surface area contributed by atoms with Crippen molar-refractivity contribution in [3.05, 3.63) is 53.7 Å². The zero-order valence-corrected chi connectivity index (χ0v) is 14.4. The molecule has 1 aliphatic rings. The van der Waals surface area contributed by atoms with Gasteiger partial charge < -0.3 is 14.5 Å². The Morgan fingerprint density at radius 1 is 1.00 bits per heavy atom. The molecule has 1 saturated heterocycles. The Hall–Kier alpha value is -2.89. The van der Waals surface area contributed by atoms with E-state index in [0.717, 1.165) is 24.7 Å². The molecule has 0 atom stereocenters. The number of amides is 1. The number of pyridine rings is 1. The monoisotopic (exact) mass is 339 g/mol. The summed E-state index contributed by atoms with van der Waals surface area (Å²) in [6.45, 7) is 4.22. The van der Waals surface area contributed by atoms with Crippen LogP contribution in [0, 0.1) is 0 Å². The van der Waals surface area contributed by atoms with E-state index in [0.29, 0.717) is 24.2 Å². The fraction of sp³-hybridized carbons (Fsp3) is 0.316. The number of methoxy groups -OCH3 is 1. The number of carbonyl (C=O) groups excluding carboxylic acids is 2. The van der Waals surface area contributed by atoms with Crippen LogP contribution in [0.3, 0.4) is 0 Å². The molecule has 1 fully saturated rings. The Labute approximate surface area is 147 Å². The van der Waals surface area contributed by atoms with Gasteiger partial charge in [-0.2, -0.15) is 0 Å². The van der Waals surface area contributed by atoms with E-state index in [9.17, 15) is 9.59 Å². The van der Waals surface area contributed by atoms with Crippen LogP contribution in [0.1, 0.15) is 27.6 Å². The molecule has 0 N–H and O–H groups in total. The van der Waals surface area contributed by atoms with E-state index >= 15 is 0 Å². The normalized spacial score (nSPS) is 14.3. The van der Waals surface area contributed by atoms with Gasteiger partial charge in [-0.15, -0.1) is 0 Å². The van der Waals surface area contributed by atoms with Gasteiger partial charge in [-0.25, -0.2) is 4.98 Å². The zero-order valence-electron chi connectivity index (χ0n) is 14.4. The molecule has 0 radical (unpaired) electrons. The molecule has 6 heteroatoms. The van der Waals surface area contributed by atoms with Gasteiger partial charge in [-0.3, -0.25) is 9.59 Å². The molecule has 0 spiro atoms. The van der Waals surface area contributed by atoms with Crippen LogP contribution < -0.4 is 9.64 Å². The van der Waals surface area contributed by atoms with Crippen LogP contribution in [0.4, 0.5) is 5.82 Å². The molecule has 0 unspecified atom stereocenters. The van der Waals surface area contributed by atoms with Crippen molar-refractivity contribution in [3.63, 3.8) is 0 Å². The Morgan fingerprint density at radius 3 is 2.24 bits per heavy atom. The number of ketones is 1. The highest BCUT2D eigenvalue weighted by atomic mass is 16.5. The van der Waals surface area contributed by atoms with E-state index in [4.69, 9.17) is 4.74 Å².